The van der Waals surface area contributed by atoms with Crippen LogP contribution in [-0.2, 0) is 20.8 Å². The van der Waals surface area contributed by atoms with E-state index in [4.69, 9.17) is 9.47 Å². The third kappa shape index (κ3) is 6.08. The van der Waals surface area contributed by atoms with E-state index in [1.54, 1.807) is 19.1 Å². The molecule has 2 aromatic carbocycles. The molecule has 3 rings (SSSR count). The lowest BCUT2D eigenvalue weighted by Crippen LogP contribution is -2.35. The van der Waals surface area contributed by atoms with E-state index >= 15 is 0 Å². The number of esters is 1. The standard InChI is InChI=1S/C22H24F2N2O4/c1-15(19-7-6-18(23)12-20(19)24)25-21(27)14-30-22(28)17-4-2-16(3-5-17)13-26-8-10-29-11-9-26/h2-7,12,15H,8-11,13-14H2,1H3,(H,25,27)/t15-/m0/s1. The van der Waals surface area contributed by atoms with Crippen molar-refractivity contribution in [1.82, 2.24) is 10.2 Å². The zero-order valence-corrected chi connectivity index (χ0v) is 16.7. The molecular formula is C22H24F2N2O4. The zero-order chi connectivity index (χ0) is 21.5. The van der Waals surface area contributed by atoms with Gasteiger partial charge < -0.3 is 14.8 Å². The first kappa shape index (κ1) is 21.9. The molecule has 0 bridgehead atoms. The van der Waals surface area contributed by atoms with Crippen molar-refractivity contribution in [2.45, 2.75) is 19.5 Å². The van der Waals surface area contributed by atoms with Gasteiger partial charge in [0, 0.05) is 31.3 Å². The summed E-state index contributed by atoms with van der Waals surface area (Å²) in [5.41, 5.74) is 1.56. The third-order valence-electron chi connectivity index (χ3n) is 4.84. The molecule has 1 aliphatic heterocycles. The molecule has 1 heterocycles. The SMILES string of the molecule is C[C@H](NC(=O)COC(=O)c1ccc(CN2CCOCC2)cc1)c1ccc(F)cc1F. The van der Waals surface area contributed by atoms with Crippen molar-refractivity contribution < 1.29 is 27.8 Å². The molecule has 1 fully saturated rings. The van der Waals surface area contributed by atoms with Crippen LogP contribution in [-0.4, -0.2) is 49.7 Å². The number of halogens is 2. The second-order valence-electron chi connectivity index (χ2n) is 7.12. The summed E-state index contributed by atoms with van der Waals surface area (Å²) in [5, 5.41) is 2.52. The smallest absolute Gasteiger partial charge is 0.338 e. The minimum absolute atomic E-state index is 0.145. The number of hydrogen-bond donors (Lipinski definition) is 1. The van der Waals surface area contributed by atoms with Gasteiger partial charge in [0.05, 0.1) is 24.8 Å². The Labute approximate surface area is 173 Å². The normalized spacial score (nSPS) is 15.4. The van der Waals surface area contributed by atoms with Crippen LogP contribution in [0.4, 0.5) is 8.78 Å². The third-order valence-corrected chi connectivity index (χ3v) is 4.84. The van der Waals surface area contributed by atoms with Crippen molar-refractivity contribution in [3.05, 3.63) is 70.8 Å². The lowest BCUT2D eigenvalue weighted by molar-refractivity contribution is -0.124. The summed E-state index contributed by atoms with van der Waals surface area (Å²) in [6.07, 6.45) is 0. The number of benzene rings is 2. The van der Waals surface area contributed by atoms with Crippen molar-refractivity contribution >= 4 is 11.9 Å². The molecule has 1 N–H and O–H groups in total. The predicted octanol–water partition coefficient (Wildman–Crippen LogP) is 2.83. The van der Waals surface area contributed by atoms with E-state index in [-0.39, 0.29) is 5.56 Å². The van der Waals surface area contributed by atoms with E-state index in [1.807, 2.05) is 12.1 Å². The van der Waals surface area contributed by atoms with Crippen molar-refractivity contribution in [3.63, 3.8) is 0 Å². The summed E-state index contributed by atoms with van der Waals surface area (Å²) in [5.74, 6) is -2.65. The number of hydrogen-bond acceptors (Lipinski definition) is 5. The molecule has 1 amide bonds. The van der Waals surface area contributed by atoms with Gasteiger partial charge in [-0.2, -0.15) is 0 Å². The molecule has 0 radical (unpaired) electrons. The number of carbonyl (C=O) groups excluding carboxylic acids is 2. The second-order valence-corrected chi connectivity index (χ2v) is 7.12. The monoisotopic (exact) mass is 418 g/mol. The lowest BCUT2D eigenvalue weighted by Gasteiger charge is -2.26. The van der Waals surface area contributed by atoms with Gasteiger partial charge in [0.15, 0.2) is 6.61 Å². The second kappa shape index (κ2) is 10.3. The Bertz CT molecular complexity index is 883. The molecule has 0 saturated carbocycles. The van der Waals surface area contributed by atoms with E-state index in [0.29, 0.717) is 5.56 Å². The number of rotatable bonds is 7. The molecule has 30 heavy (non-hydrogen) atoms. The molecule has 1 aliphatic rings. The lowest BCUT2D eigenvalue weighted by atomic mass is 10.1. The van der Waals surface area contributed by atoms with Gasteiger partial charge in [-0.05, 0) is 30.7 Å². The zero-order valence-electron chi connectivity index (χ0n) is 16.7. The van der Waals surface area contributed by atoms with Crippen LogP contribution in [0.3, 0.4) is 0 Å². The topological polar surface area (TPSA) is 67.9 Å². The van der Waals surface area contributed by atoms with Gasteiger partial charge in [0.25, 0.3) is 5.91 Å². The Kier molecular flexibility index (Phi) is 7.48. The highest BCUT2D eigenvalue weighted by atomic mass is 19.1. The average Bonchev–Trinajstić information content (AvgIpc) is 2.73. The predicted molar refractivity (Wildman–Crippen MR) is 106 cm³/mol. The van der Waals surface area contributed by atoms with E-state index in [2.05, 4.69) is 10.2 Å². The Morgan fingerprint density at radius 2 is 1.83 bits per heavy atom. The number of amides is 1. The van der Waals surface area contributed by atoms with Gasteiger partial charge in [-0.25, -0.2) is 13.6 Å². The maximum Gasteiger partial charge on any atom is 0.338 e. The van der Waals surface area contributed by atoms with E-state index in [0.717, 1.165) is 50.5 Å². The van der Waals surface area contributed by atoms with Gasteiger partial charge in [-0.1, -0.05) is 18.2 Å². The quantitative estimate of drug-likeness (QED) is 0.701. The van der Waals surface area contributed by atoms with Crippen molar-refractivity contribution in [1.29, 1.82) is 0 Å². The van der Waals surface area contributed by atoms with Crippen LogP contribution < -0.4 is 5.32 Å². The number of morpholine rings is 1. The molecule has 2 aromatic rings. The summed E-state index contributed by atoms with van der Waals surface area (Å²) in [7, 11) is 0. The summed E-state index contributed by atoms with van der Waals surface area (Å²) in [6.45, 7) is 5.03. The van der Waals surface area contributed by atoms with Crippen LogP contribution in [0.25, 0.3) is 0 Å². The number of nitrogens with zero attached hydrogens (tertiary/aromatic N) is 1. The fourth-order valence-electron chi connectivity index (χ4n) is 3.19. The molecule has 0 unspecified atom stereocenters. The molecular weight excluding hydrogens is 394 g/mol. The van der Waals surface area contributed by atoms with Gasteiger partial charge in [-0.15, -0.1) is 0 Å². The molecule has 8 heteroatoms. The molecule has 0 spiro atoms. The van der Waals surface area contributed by atoms with Gasteiger partial charge in [0.2, 0.25) is 0 Å². The fourth-order valence-corrected chi connectivity index (χ4v) is 3.19. The van der Waals surface area contributed by atoms with E-state index in [9.17, 15) is 18.4 Å². The van der Waals surface area contributed by atoms with Crippen LogP contribution in [0.5, 0.6) is 0 Å². The van der Waals surface area contributed by atoms with Crippen LogP contribution in [0.2, 0.25) is 0 Å². The minimum atomic E-state index is -0.753. The van der Waals surface area contributed by atoms with Crippen molar-refractivity contribution in [3.8, 4) is 0 Å². The highest BCUT2D eigenvalue weighted by Gasteiger charge is 2.16. The van der Waals surface area contributed by atoms with Crippen LogP contribution in [0, 0.1) is 11.6 Å². The Hall–Kier alpha value is -2.84. The first-order valence-corrected chi connectivity index (χ1v) is 9.73. The molecule has 6 nitrogen and oxygen atoms in total. The summed E-state index contributed by atoms with van der Waals surface area (Å²) < 4.78 is 37.1. The minimum Gasteiger partial charge on any atom is -0.452 e. The highest BCUT2D eigenvalue weighted by molar-refractivity contribution is 5.91. The molecule has 160 valence electrons. The van der Waals surface area contributed by atoms with Gasteiger partial charge >= 0.3 is 5.97 Å². The van der Waals surface area contributed by atoms with Crippen LogP contribution >= 0.6 is 0 Å². The maximum absolute atomic E-state index is 13.8. The largest absolute Gasteiger partial charge is 0.452 e. The molecule has 0 aromatic heterocycles. The highest BCUT2D eigenvalue weighted by Crippen LogP contribution is 2.17. The van der Waals surface area contributed by atoms with Gasteiger partial charge in [0.1, 0.15) is 11.6 Å². The van der Waals surface area contributed by atoms with E-state index < -0.39 is 36.2 Å². The van der Waals surface area contributed by atoms with E-state index in [1.165, 1.54) is 6.07 Å². The van der Waals surface area contributed by atoms with Crippen LogP contribution in [0.1, 0.15) is 34.5 Å². The number of ether oxygens (including phenoxy) is 2. The fraction of sp³-hybridized carbons (Fsp3) is 0.364. The first-order chi connectivity index (χ1) is 14.4. The van der Waals surface area contributed by atoms with Crippen molar-refractivity contribution in [2.24, 2.45) is 0 Å². The summed E-state index contributed by atoms with van der Waals surface area (Å²) in [4.78, 5) is 26.5. The Morgan fingerprint density at radius 1 is 1.13 bits per heavy atom. The Morgan fingerprint density at radius 3 is 2.50 bits per heavy atom. The van der Waals surface area contributed by atoms with Gasteiger partial charge in [-0.3, -0.25) is 9.69 Å². The number of nitrogens with one attached hydrogen (secondary N) is 1. The van der Waals surface area contributed by atoms with Crippen molar-refractivity contribution in [2.75, 3.05) is 32.9 Å². The average molecular weight is 418 g/mol. The van der Waals surface area contributed by atoms with Crippen LogP contribution in [0.15, 0.2) is 42.5 Å². The summed E-state index contributed by atoms with van der Waals surface area (Å²) >= 11 is 0. The molecule has 1 atom stereocenters. The number of carbonyl (C=O) groups is 2. The summed E-state index contributed by atoms with van der Waals surface area (Å²) in [6, 6.07) is 9.46. The maximum atomic E-state index is 13.8. The first-order valence-electron chi connectivity index (χ1n) is 9.73. The molecule has 1 saturated heterocycles. The Balaban J connectivity index is 1.46. The molecule has 0 aliphatic carbocycles.